The number of benzene rings is 1. The third-order valence-electron chi connectivity index (χ3n) is 6.33. The van der Waals surface area contributed by atoms with Crippen molar-refractivity contribution < 1.29 is 23.1 Å². The van der Waals surface area contributed by atoms with Gasteiger partial charge in [-0.15, -0.1) is 11.3 Å². The van der Waals surface area contributed by atoms with Gasteiger partial charge in [-0.3, -0.25) is 4.79 Å². The summed E-state index contributed by atoms with van der Waals surface area (Å²) in [4.78, 5) is 31.7. The van der Waals surface area contributed by atoms with Gasteiger partial charge in [-0.2, -0.15) is 13.2 Å². The molecule has 1 aromatic carbocycles. The number of aromatic amines is 1. The number of aryl methyl sites for hydroxylation is 1. The van der Waals surface area contributed by atoms with Crippen molar-refractivity contribution in [2.24, 2.45) is 0 Å². The van der Waals surface area contributed by atoms with Gasteiger partial charge in [0, 0.05) is 36.5 Å². The first-order chi connectivity index (χ1) is 18.1. The monoisotopic (exact) mass is 543 g/mol. The number of rotatable bonds is 6. The van der Waals surface area contributed by atoms with Gasteiger partial charge in [0.25, 0.3) is 5.91 Å². The van der Waals surface area contributed by atoms with Crippen molar-refractivity contribution in [2.75, 3.05) is 5.32 Å². The van der Waals surface area contributed by atoms with Crippen molar-refractivity contribution in [3.8, 4) is 10.4 Å². The van der Waals surface area contributed by atoms with E-state index in [-0.39, 0.29) is 23.7 Å². The fourth-order valence-corrected chi connectivity index (χ4v) is 5.47. The first-order valence-corrected chi connectivity index (χ1v) is 12.7. The van der Waals surface area contributed by atoms with Crippen LogP contribution in [-0.4, -0.2) is 42.0 Å². The van der Waals surface area contributed by atoms with Gasteiger partial charge >= 0.3 is 6.18 Å². The number of halogens is 3. The molecular weight excluding hydrogens is 519 g/mol. The van der Waals surface area contributed by atoms with Gasteiger partial charge in [-0.05, 0) is 61.9 Å². The van der Waals surface area contributed by atoms with Crippen molar-refractivity contribution in [1.29, 1.82) is 0 Å². The molecular formula is C25H24F3N7O2S. The first-order valence-electron chi connectivity index (χ1n) is 11.9. The maximum Gasteiger partial charge on any atom is 0.433 e. The summed E-state index contributed by atoms with van der Waals surface area (Å²) >= 11 is 1.36. The van der Waals surface area contributed by atoms with E-state index in [1.807, 2.05) is 13.0 Å². The van der Waals surface area contributed by atoms with E-state index in [4.69, 9.17) is 0 Å². The molecule has 1 saturated carbocycles. The number of nitrogens with zero attached hydrogens (tertiary/aromatic N) is 4. The third kappa shape index (κ3) is 5.68. The largest absolute Gasteiger partial charge is 0.433 e. The highest BCUT2D eigenvalue weighted by Gasteiger charge is 2.38. The van der Waals surface area contributed by atoms with Gasteiger partial charge in [0.15, 0.2) is 5.82 Å². The van der Waals surface area contributed by atoms with Gasteiger partial charge in [0.2, 0.25) is 5.95 Å². The number of imidazole rings is 1. The summed E-state index contributed by atoms with van der Waals surface area (Å²) in [6.07, 6.45) is 3.33. The number of carbonyl (C=O) groups is 1. The Hall–Kier alpha value is -3.84. The second kappa shape index (κ2) is 10.1. The molecule has 1 fully saturated rings. The third-order valence-corrected chi connectivity index (χ3v) is 7.57. The zero-order valence-electron chi connectivity index (χ0n) is 20.2. The lowest BCUT2D eigenvalue weighted by Crippen LogP contribution is -2.42. The van der Waals surface area contributed by atoms with Gasteiger partial charge in [0.05, 0.1) is 4.88 Å². The molecule has 1 aliphatic carbocycles. The number of nitrogens with one attached hydrogen (secondary N) is 3. The zero-order chi connectivity index (χ0) is 26.9. The van der Waals surface area contributed by atoms with Crippen LogP contribution in [0.2, 0.25) is 0 Å². The maximum atomic E-state index is 13.0. The van der Waals surface area contributed by atoms with E-state index in [0.717, 1.165) is 28.3 Å². The van der Waals surface area contributed by atoms with E-state index in [0.29, 0.717) is 36.4 Å². The van der Waals surface area contributed by atoms with Crippen LogP contribution in [0.4, 0.5) is 24.8 Å². The standard InChI is InChI=1S/C25H24F3N7O2S/c1-14-10-15(12-17(11-14)34-23-31-7-4-19(35-23)25(26,27)28)18-13-32-22(38-18)24(37)5-2-16(3-6-24)33-21(36)20-29-8-9-30-20/h4,7-13,16,37H,2-3,5-6H2,1H3,(H,29,30)(H,33,36)(H,31,34,35). The minimum Gasteiger partial charge on any atom is -0.383 e. The second-order valence-electron chi connectivity index (χ2n) is 9.22. The molecule has 3 heterocycles. The molecule has 9 nitrogen and oxygen atoms in total. The van der Waals surface area contributed by atoms with E-state index in [2.05, 4.69) is 35.6 Å². The smallest absolute Gasteiger partial charge is 0.383 e. The summed E-state index contributed by atoms with van der Waals surface area (Å²) in [7, 11) is 0. The zero-order valence-corrected chi connectivity index (χ0v) is 21.0. The highest BCUT2D eigenvalue weighted by Crippen LogP contribution is 2.41. The Morgan fingerprint density at radius 1 is 1.16 bits per heavy atom. The van der Waals surface area contributed by atoms with Gasteiger partial charge in [0.1, 0.15) is 16.3 Å². The summed E-state index contributed by atoms with van der Waals surface area (Å²) in [5.74, 6) is -0.185. The molecule has 0 bridgehead atoms. The number of aromatic nitrogens is 5. The van der Waals surface area contributed by atoms with Crippen LogP contribution >= 0.6 is 11.3 Å². The van der Waals surface area contributed by atoms with Crippen molar-refractivity contribution in [3.05, 3.63) is 71.1 Å². The molecule has 0 atom stereocenters. The van der Waals surface area contributed by atoms with Crippen molar-refractivity contribution in [3.63, 3.8) is 0 Å². The lowest BCUT2D eigenvalue weighted by molar-refractivity contribution is -0.141. The fourth-order valence-electron chi connectivity index (χ4n) is 4.42. The van der Waals surface area contributed by atoms with E-state index in [9.17, 15) is 23.1 Å². The first kappa shape index (κ1) is 25.8. The Kier molecular flexibility index (Phi) is 6.88. The summed E-state index contributed by atoms with van der Waals surface area (Å²) in [5, 5.41) is 17.7. The highest BCUT2D eigenvalue weighted by atomic mass is 32.1. The number of hydrogen-bond donors (Lipinski definition) is 4. The molecule has 4 N–H and O–H groups in total. The number of hydrogen-bond acceptors (Lipinski definition) is 8. The lowest BCUT2D eigenvalue weighted by atomic mass is 9.82. The minimum atomic E-state index is -4.57. The molecule has 0 unspecified atom stereocenters. The van der Waals surface area contributed by atoms with E-state index < -0.39 is 17.5 Å². The Bertz CT molecular complexity index is 1430. The average Bonchev–Trinajstić information content (AvgIpc) is 3.58. The molecule has 0 aliphatic heterocycles. The minimum absolute atomic E-state index is 0.0734. The quantitative estimate of drug-likeness (QED) is 0.271. The van der Waals surface area contributed by atoms with E-state index in [1.165, 1.54) is 17.5 Å². The molecule has 13 heteroatoms. The summed E-state index contributed by atoms with van der Waals surface area (Å²) < 4.78 is 39.0. The SMILES string of the molecule is Cc1cc(Nc2nccc(C(F)(F)F)n2)cc(-c2cnc(C3(O)CCC(NC(=O)c4ncc[nH]4)CC3)s2)c1. The molecule has 4 aromatic rings. The normalized spacial score (nSPS) is 19.8. The van der Waals surface area contributed by atoms with Crippen LogP contribution in [0, 0.1) is 6.92 Å². The number of thiazole rings is 1. The van der Waals surface area contributed by atoms with Crippen molar-refractivity contribution in [1.82, 2.24) is 30.2 Å². The Balaban J connectivity index is 1.28. The molecule has 0 spiro atoms. The van der Waals surface area contributed by atoms with Crippen LogP contribution in [0.25, 0.3) is 10.4 Å². The fraction of sp³-hybridized carbons (Fsp3) is 0.320. The molecule has 198 valence electrons. The van der Waals surface area contributed by atoms with Crippen LogP contribution in [0.1, 0.15) is 52.6 Å². The molecule has 3 aromatic heterocycles. The molecule has 5 rings (SSSR count). The van der Waals surface area contributed by atoms with Crippen LogP contribution < -0.4 is 10.6 Å². The number of carbonyl (C=O) groups excluding carboxylic acids is 1. The number of anilines is 2. The topological polar surface area (TPSA) is 129 Å². The average molecular weight is 544 g/mol. The summed E-state index contributed by atoms with van der Waals surface area (Å²) in [6, 6.07) is 6.23. The maximum absolute atomic E-state index is 13.0. The number of aliphatic hydroxyl groups is 1. The predicted octanol–water partition coefficient (Wildman–Crippen LogP) is 4.95. The molecule has 38 heavy (non-hydrogen) atoms. The van der Waals surface area contributed by atoms with Crippen LogP contribution in [0.3, 0.4) is 0 Å². The van der Waals surface area contributed by atoms with Gasteiger partial charge in [-0.25, -0.2) is 19.9 Å². The summed E-state index contributed by atoms with van der Waals surface area (Å²) in [5.41, 5.74) is 0.0648. The van der Waals surface area contributed by atoms with Gasteiger partial charge < -0.3 is 20.7 Å². The van der Waals surface area contributed by atoms with E-state index >= 15 is 0 Å². The number of amides is 1. The number of H-pyrrole nitrogens is 1. The van der Waals surface area contributed by atoms with E-state index in [1.54, 1.807) is 24.5 Å². The molecule has 0 saturated heterocycles. The molecule has 1 aliphatic rings. The Morgan fingerprint density at radius 2 is 1.95 bits per heavy atom. The number of alkyl halides is 3. The predicted molar refractivity (Wildman–Crippen MR) is 135 cm³/mol. The van der Waals surface area contributed by atoms with Crippen LogP contribution in [0.5, 0.6) is 0 Å². The van der Waals surface area contributed by atoms with Crippen molar-refractivity contribution in [2.45, 2.75) is 50.4 Å². The molecule has 0 radical (unpaired) electrons. The Morgan fingerprint density at radius 3 is 2.66 bits per heavy atom. The second-order valence-corrected chi connectivity index (χ2v) is 10.3. The van der Waals surface area contributed by atoms with Crippen LogP contribution in [-0.2, 0) is 11.8 Å². The van der Waals surface area contributed by atoms with Gasteiger partial charge in [-0.1, -0.05) is 6.07 Å². The van der Waals surface area contributed by atoms with Crippen LogP contribution in [0.15, 0.2) is 49.1 Å². The van der Waals surface area contributed by atoms with Crippen molar-refractivity contribution >= 4 is 28.9 Å². The Labute approximate surface area is 219 Å². The summed E-state index contributed by atoms with van der Waals surface area (Å²) in [6.45, 7) is 1.87. The highest BCUT2D eigenvalue weighted by molar-refractivity contribution is 7.15. The lowest BCUT2D eigenvalue weighted by Gasteiger charge is -2.34. The molecule has 1 amide bonds.